The van der Waals surface area contributed by atoms with Crippen LogP contribution in [0.1, 0.15) is 12.8 Å². The van der Waals surface area contributed by atoms with Gasteiger partial charge in [0, 0.05) is 51.4 Å². The van der Waals surface area contributed by atoms with Crippen molar-refractivity contribution in [3.8, 4) is 0 Å². The van der Waals surface area contributed by atoms with E-state index in [0.717, 1.165) is 12.1 Å². The highest BCUT2D eigenvalue weighted by molar-refractivity contribution is 4.94. The summed E-state index contributed by atoms with van der Waals surface area (Å²) in [5.41, 5.74) is 0. The summed E-state index contributed by atoms with van der Waals surface area (Å²) in [4.78, 5) is 7.87. The van der Waals surface area contributed by atoms with Gasteiger partial charge in [0.2, 0.25) is 0 Å². The minimum atomic E-state index is 0.858. The topological polar surface area (TPSA) is 21.8 Å². The smallest absolute Gasteiger partial charge is 0.0351 e. The van der Waals surface area contributed by atoms with Crippen LogP contribution in [0.15, 0.2) is 0 Å². The number of piperidine rings is 1. The molecule has 0 aromatic heterocycles. The molecule has 0 radical (unpaired) electrons. The SMILES string of the molecule is CN1CCC(N2CC(N3CCNCC3)C2)CC1. The summed E-state index contributed by atoms with van der Waals surface area (Å²) in [7, 11) is 2.25. The molecule has 0 unspecified atom stereocenters. The average Bonchev–Trinajstić information content (AvgIpc) is 2.31. The summed E-state index contributed by atoms with van der Waals surface area (Å²) >= 11 is 0. The van der Waals surface area contributed by atoms with Gasteiger partial charge in [-0.15, -0.1) is 0 Å². The standard InChI is InChI=1S/C13H26N4/c1-15-6-2-12(3-7-15)17-10-13(11-17)16-8-4-14-5-9-16/h12-14H,2-11H2,1H3. The fraction of sp³-hybridized carbons (Fsp3) is 1.00. The number of hydrogen-bond donors (Lipinski definition) is 1. The van der Waals surface area contributed by atoms with Crippen LogP contribution in [0.4, 0.5) is 0 Å². The maximum atomic E-state index is 3.44. The Labute approximate surface area is 105 Å². The van der Waals surface area contributed by atoms with E-state index >= 15 is 0 Å². The largest absolute Gasteiger partial charge is 0.314 e. The third kappa shape index (κ3) is 2.65. The molecule has 0 amide bonds. The van der Waals surface area contributed by atoms with Gasteiger partial charge in [0.25, 0.3) is 0 Å². The molecule has 0 aromatic carbocycles. The van der Waals surface area contributed by atoms with Gasteiger partial charge in [-0.1, -0.05) is 0 Å². The molecule has 0 atom stereocenters. The van der Waals surface area contributed by atoms with Crippen molar-refractivity contribution in [2.24, 2.45) is 0 Å². The van der Waals surface area contributed by atoms with Crippen LogP contribution in [0, 0.1) is 0 Å². The number of likely N-dealkylation sites (tertiary alicyclic amines) is 2. The van der Waals surface area contributed by atoms with Gasteiger partial charge in [-0.05, 0) is 33.0 Å². The fourth-order valence-corrected chi connectivity index (χ4v) is 3.42. The van der Waals surface area contributed by atoms with Crippen molar-refractivity contribution in [1.82, 2.24) is 20.0 Å². The van der Waals surface area contributed by atoms with Crippen molar-refractivity contribution >= 4 is 0 Å². The van der Waals surface area contributed by atoms with E-state index < -0.39 is 0 Å². The van der Waals surface area contributed by atoms with E-state index in [0.29, 0.717) is 0 Å². The number of nitrogens with zero attached hydrogens (tertiary/aromatic N) is 3. The molecule has 0 saturated carbocycles. The number of nitrogens with one attached hydrogen (secondary N) is 1. The van der Waals surface area contributed by atoms with E-state index in [2.05, 4.69) is 27.1 Å². The summed E-state index contributed by atoms with van der Waals surface area (Å²) < 4.78 is 0. The first-order chi connectivity index (χ1) is 8.33. The molecule has 4 nitrogen and oxygen atoms in total. The maximum Gasteiger partial charge on any atom is 0.0351 e. The van der Waals surface area contributed by atoms with E-state index in [1.54, 1.807) is 0 Å². The average molecular weight is 238 g/mol. The highest BCUT2D eigenvalue weighted by Crippen LogP contribution is 2.24. The quantitative estimate of drug-likeness (QED) is 0.711. The summed E-state index contributed by atoms with van der Waals surface area (Å²) in [6.45, 7) is 10.1. The molecule has 1 N–H and O–H groups in total. The Balaban J connectivity index is 1.41. The van der Waals surface area contributed by atoms with Gasteiger partial charge in [-0.3, -0.25) is 9.80 Å². The van der Waals surface area contributed by atoms with Crippen LogP contribution >= 0.6 is 0 Å². The highest BCUT2D eigenvalue weighted by atomic mass is 15.3. The molecule has 3 rings (SSSR count). The number of piperazine rings is 1. The Bertz CT molecular complexity index is 238. The Kier molecular flexibility index (Phi) is 3.66. The highest BCUT2D eigenvalue weighted by Gasteiger charge is 2.36. The zero-order chi connectivity index (χ0) is 11.7. The van der Waals surface area contributed by atoms with Gasteiger partial charge in [0.05, 0.1) is 0 Å². The zero-order valence-corrected chi connectivity index (χ0v) is 11.1. The van der Waals surface area contributed by atoms with Crippen LogP contribution < -0.4 is 5.32 Å². The summed E-state index contributed by atoms with van der Waals surface area (Å²) in [6, 6.07) is 1.74. The van der Waals surface area contributed by atoms with E-state index in [1.807, 2.05) is 0 Å². The summed E-state index contributed by atoms with van der Waals surface area (Å²) in [5, 5.41) is 3.44. The predicted molar refractivity (Wildman–Crippen MR) is 70.3 cm³/mol. The van der Waals surface area contributed by atoms with Crippen molar-refractivity contribution in [2.75, 3.05) is 59.4 Å². The third-order valence-corrected chi connectivity index (χ3v) is 4.76. The number of hydrogen-bond acceptors (Lipinski definition) is 4. The molecule has 0 aromatic rings. The van der Waals surface area contributed by atoms with Gasteiger partial charge >= 0.3 is 0 Å². The Morgan fingerprint density at radius 3 is 2.12 bits per heavy atom. The van der Waals surface area contributed by atoms with Gasteiger partial charge in [0.1, 0.15) is 0 Å². The van der Waals surface area contributed by atoms with Gasteiger partial charge < -0.3 is 10.2 Å². The minimum absolute atomic E-state index is 0.858. The molecule has 3 saturated heterocycles. The lowest BCUT2D eigenvalue weighted by Crippen LogP contribution is -2.65. The van der Waals surface area contributed by atoms with Crippen LogP contribution in [-0.4, -0.2) is 86.2 Å². The molecule has 4 heteroatoms. The molecule has 3 aliphatic heterocycles. The first-order valence-corrected chi connectivity index (χ1v) is 7.20. The van der Waals surface area contributed by atoms with Gasteiger partial charge in [-0.2, -0.15) is 0 Å². The Morgan fingerprint density at radius 2 is 1.47 bits per heavy atom. The minimum Gasteiger partial charge on any atom is -0.314 e. The summed E-state index contributed by atoms with van der Waals surface area (Å²) in [5.74, 6) is 0. The Hall–Kier alpha value is -0.160. The first-order valence-electron chi connectivity index (χ1n) is 7.20. The van der Waals surface area contributed by atoms with Crippen molar-refractivity contribution in [3.05, 3.63) is 0 Å². The number of rotatable bonds is 2. The van der Waals surface area contributed by atoms with E-state index in [1.165, 1.54) is 65.2 Å². The van der Waals surface area contributed by atoms with E-state index in [-0.39, 0.29) is 0 Å². The van der Waals surface area contributed by atoms with Crippen LogP contribution in [0.25, 0.3) is 0 Å². The third-order valence-electron chi connectivity index (χ3n) is 4.76. The maximum absolute atomic E-state index is 3.44. The van der Waals surface area contributed by atoms with Gasteiger partial charge in [0.15, 0.2) is 0 Å². The van der Waals surface area contributed by atoms with E-state index in [4.69, 9.17) is 0 Å². The molecule has 3 heterocycles. The predicted octanol–water partition coefficient (Wildman–Crippen LogP) is -0.330. The normalized spacial score (nSPS) is 31.6. The first kappa shape index (κ1) is 11.9. The lowest BCUT2D eigenvalue weighted by molar-refractivity contribution is -0.0161. The van der Waals surface area contributed by atoms with Crippen molar-refractivity contribution in [3.63, 3.8) is 0 Å². The fourth-order valence-electron chi connectivity index (χ4n) is 3.42. The molecular weight excluding hydrogens is 212 g/mol. The molecule has 3 aliphatic rings. The molecule has 0 bridgehead atoms. The summed E-state index contributed by atoms with van der Waals surface area (Å²) in [6.07, 6.45) is 2.76. The molecular formula is C13H26N4. The zero-order valence-electron chi connectivity index (χ0n) is 11.1. The lowest BCUT2D eigenvalue weighted by atomic mass is 9.96. The monoisotopic (exact) mass is 238 g/mol. The Morgan fingerprint density at radius 1 is 0.824 bits per heavy atom. The molecule has 17 heavy (non-hydrogen) atoms. The lowest BCUT2D eigenvalue weighted by Gasteiger charge is -2.51. The molecule has 0 aliphatic carbocycles. The van der Waals surface area contributed by atoms with Crippen LogP contribution in [0.3, 0.4) is 0 Å². The van der Waals surface area contributed by atoms with Crippen LogP contribution in [0.5, 0.6) is 0 Å². The van der Waals surface area contributed by atoms with Crippen LogP contribution in [0.2, 0.25) is 0 Å². The molecule has 0 spiro atoms. The van der Waals surface area contributed by atoms with Crippen molar-refractivity contribution in [2.45, 2.75) is 24.9 Å². The molecule has 98 valence electrons. The second kappa shape index (κ2) is 5.22. The van der Waals surface area contributed by atoms with Gasteiger partial charge in [-0.25, -0.2) is 0 Å². The van der Waals surface area contributed by atoms with Crippen molar-refractivity contribution in [1.29, 1.82) is 0 Å². The van der Waals surface area contributed by atoms with E-state index in [9.17, 15) is 0 Å². The van der Waals surface area contributed by atoms with Crippen molar-refractivity contribution < 1.29 is 0 Å². The second-order valence-electron chi connectivity index (χ2n) is 5.93. The van der Waals surface area contributed by atoms with Crippen LogP contribution in [-0.2, 0) is 0 Å². The second-order valence-corrected chi connectivity index (χ2v) is 5.93. The molecule has 3 fully saturated rings.